The molecule has 0 aromatic carbocycles. The van der Waals surface area contributed by atoms with Crippen LogP contribution in [0.4, 0.5) is 0 Å². The van der Waals surface area contributed by atoms with E-state index in [0.29, 0.717) is 0 Å². The van der Waals surface area contributed by atoms with Crippen LogP contribution in [-0.4, -0.2) is 28.6 Å². The summed E-state index contributed by atoms with van der Waals surface area (Å²) in [5, 5.41) is 8.56. The van der Waals surface area contributed by atoms with E-state index in [2.05, 4.69) is 38.9 Å². The van der Waals surface area contributed by atoms with Gasteiger partial charge in [-0.15, -0.1) is 0 Å². The fraction of sp³-hybridized carbons (Fsp3) is 0.600. The average molecular weight is 285 g/mol. The molecule has 0 saturated carbocycles. The van der Waals surface area contributed by atoms with Crippen molar-refractivity contribution in [2.45, 2.75) is 35.6 Å². The fourth-order valence-electron chi connectivity index (χ4n) is 1.44. The van der Waals surface area contributed by atoms with E-state index in [-0.39, 0.29) is 0 Å². The minimum atomic E-state index is -2.02. The summed E-state index contributed by atoms with van der Waals surface area (Å²) in [6.07, 6.45) is 0. The number of hydrogen-bond acceptors (Lipinski definition) is 2. The third kappa shape index (κ3) is 2.21. The molecule has 1 rings (SSSR count). The van der Waals surface area contributed by atoms with Gasteiger partial charge in [0.25, 0.3) is 0 Å². The first kappa shape index (κ1) is 11.0. The van der Waals surface area contributed by atoms with Gasteiger partial charge < -0.3 is 0 Å². The molecule has 3 heteroatoms. The van der Waals surface area contributed by atoms with Crippen LogP contribution < -0.4 is 3.71 Å². The maximum absolute atomic E-state index is 4.35. The molecule has 0 atom stereocenters. The fourth-order valence-corrected chi connectivity index (χ4v) is 6.18. The van der Waals surface area contributed by atoms with E-state index in [1.807, 2.05) is 6.92 Å². The Hall–Kier alpha value is -0.121. The topological polar surface area (TPSA) is 25.8 Å². The summed E-state index contributed by atoms with van der Waals surface area (Å²) in [6, 6.07) is 0. The van der Waals surface area contributed by atoms with E-state index in [1.165, 1.54) is 14.8 Å². The third-order valence-electron chi connectivity index (χ3n) is 2.47. The Morgan fingerprint density at radius 2 is 1.38 bits per heavy atom. The molecule has 0 spiro atoms. The van der Waals surface area contributed by atoms with Gasteiger partial charge in [-0.25, -0.2) is 0 Å². The number of nitrogens with zero attached hydrogens (tertiary/aromatic N) is 2. The van der Waals surface area contributed by atoms with Crippen LogP contribution >= 0.6 is 0 Å². The summed E-state index contributed by atoms with van der Waals surface area (Å²) in [5.41, 5.74) is 3.75. The summed E-state index contributed by atoms with van der Waals surface area (Å²) in [5.74, 6) is 0. The van der Waals surface area contributed by atoms with Crippen LogP contribution in [0.5, 0.6) is 0 Å². The van der Waals surface area contributed by atoms with Gasteiger partial charge in [-0.05, 0) is 0 Å². The zero-order valence-electron chi connectivity index (χ0n) is 9.39. The Labute approximate surface area is 84.6 Å². The molecule has 72 valence electrons. The molecule has 1 heterocycles. The van der Waals surface area contributed by atoms with Crippen LogP contribution in [0.25, 0.3) is 0 Å². The van der Waals surface area contributed by atoms with Crippen molar-refractivity contribution in [3.05, 3.63) is 16.8 Å². The SMILES string of the molecule is Cc1nn[c]([Sn]([CH3])([CH3])[CH3])c(C)c1C. The van der Waals surface area contributed by atoms with Crippen LogP contribution in [0.1, 0.15) is 16.8 Å². The normalized spacial score (nSPS) is 11.8. The minimum absolute atomic E-state index is 1.07. The predicted molar refractivity (Wildman–Crippen MR) is 59.2 cm³/mol. The number of aryl methyl sites for hydroxylation is 1. The number of aromatic nitrogens is 2. The Balaban J connectivity index is 3.35. The zero-order chi connectivity index (χ0) is 10.2. The summed E-state index contributed by atoms with van der Waals surface area (Å²) in [6.45, 7) is 6.34. The monoisotopic (exact) mass is 286 g/mol. The van der Waals surface area contributed by atoms with Gasteiger partial charge in [0.2, 0.25) is 0 Å². The molecular weight excluding hydrogens is 267 g/mol. The molecule has 1 aromatic heterocycles. The van der Waals surface area contributed by atoms with Crippen molar-refractivity contribution in [1.82, 2.24) is 10.2 Å². The van der Waals surface area contributed by atoms with Gasteiger partial charge in [-0.3, -0.25) is 0 Å². The molecule has 0 aliphatic rings. The standard InChI is InChI=1S/C7H9N2.3CH3.Sn/c1-5-4-8-9-7(3)6(5)2;;;;/h1-3H3;3*1H3;. The third-order valence-corrected chi connectivity index (χ3v) is 7.88. The van der Waals surface area contributed by atoms with Gasteiger partial charge in [-0.2, -0.15) is 0 Å². The molecule has 0 fully saturated rings. The average Bonchev–Trinajstić information content (AvgIpc) is 1.98. The zero-order valence-corrected chi connectivity index (χ0v) is 12.2. The molecule has 0 aliphatic carbocycles. The van der Waals surface area contributed by atoms with Gasteiger partial charge in [0, 0.05) is 0 Å². The van der Waals surface area contributed by atoms with Crippen molar-refractivity contribution in [2.24, 2.45) is 0 Å². The first-order valence-corrected chi connectivity index (χ1v) is 14.6. The van der Waals surface area contributed by atoms with E-state index in [4.69, 9.17) is 0 Å². The first-order valence-electron chi connectivity index (χ1n) is 4.65. The molecule has 0 N–H and O–H groups in total. The number of rotatable bonds is 1. The van der Waals surface area contributed by atoms with Crippen molar-refractivity contribution in [3.8, 4) is 0 Å². The second-order valence-electron chi connectivity index (χ2n) is 4.63. The van der Waals surface area contributed by atoms with Gasteiger partial charge in [0.05, 0.1) is 0 Å². The Morgan fingerprint density at radius 3 is 1.85 bits per heavy atom. The Bertz CT molecular complexity index is 326. The van der Waals surface area contributed by atoms with E-state index in [1.54, 1.807) is 0 Å². The molecular formula is C10H18N2Sn. The summed E-state index contributed by atoms with van der Waals surface area (Å²) in [7, 11) is 0. The predicted octanol–water partition coefficient (Wildman–Crippen LogP) is 1.95. The quantitative estimate of drug-likeness (QED) is 0.737. The van der Waals surface area contributed by atoms with E-state index < -0.39 is 18.4 Å². The van der Waals surface area contributed by atoms with Crippen LogP contribution in [-0.2, 0) is 0 Å². The summed E-state index contributed by atoms with van der Waals surface area (Å²) < 4.78 is 1.32. The van der Waals surface area contributed by atoms with Crippen LogP contribution in [0.3, 0.4) is 0 Å². The van der Waals surface area contributed by atoms with Gasteiger partial charge in [0.15, 0.2) is 0 Å². The molecule has 13 heavy (non-hydrogen) atoms. The Morgan fingerprint density at radius 1 is 0.846 bits per heavy atom. The van der Waals surface area contributed by atoms with Crippen molar-refractivity contribution in [2.75, 3.05) is 0 Å². The van der Waals surface area contributed by atoms with Crippen LogP contribution in [0, 0.1) is 20.8 Å². The van der Waals surface area contributed by atoms with Crippen LogP contribution in [0.2, 0.25) is 14.8 Å². The van der Waals surface area contributed by atoms with Gasteiger partial charge in [0.1, 0.15) is 0 Å². The first-order chi connectivity index (χ1) is 5.84. The summed E-state index contributed by atoms with van der Waals surface area (Å²) >= 11 is -2.02. The molecule has 0 aliphatic heterocycles. The molecule has 0 saturated heterocycles. The van der Waals surface area contributed by atoms with E-state index in [0.717, 1.165) is 5.69 Å². The molecule has 0 amide bonds. The Kier molecular flexibility index (Phi) is 3.00. The van der Waals surface area contributed by atoms with Crippen molar-refractivity contribution in [1.29, 1.82) is 0 Å². The molecule has 2 nitrogen and oxygen atoms in total. The van der Waals surface area contributed by atoms with Gasteiger partial charge in [-0.1, -0.05) is 0 Å². The van der Waals surface area contributed by atoms with Gasteiger partial charge >= 0.3 is 84.7 Å². The van der Waals surface area contributed by atoms with Crippen LogP contribution in [0.15, 0.2) is 0 Å². The second-order valence-corrected chi connectivity index (χ2v) is 18.8. The molecule has 0 bridgehead atoms. The van der Waals surface area contributed by atoms with Crippen molar-refractivity contribution < 1.29 is 0 Å². The van der Waals surface area contributed by atoms with E-state index >= 15 is 0 Å². The molecule has 0 radical (unpaired) electrons. The summed E-state index contributed by atoms with van der Waals surface area (Å²) in [4.78, 5) is 7.13. The second kappa shape index (κ2) is 3.56. The van der Waals surface area contributed by atoms with Crippen molar-refractivity contribution in [3.63, 3.8) is 0 Å². The maximum atomic E-state index is 4.35. The van der Waals surface area contributed by atoms with Crippen molar-refractivity contribution >= 4 is 22.1 Å². The van der Waals surface area contributed by atoms with E-state index in [9.17, 15) is 0 Å². The molecule has 0 unspecified atom stereocenters. The number of hydrogen-bond donors (Lipinski definition) is 0. The molecule has 1 aromatic rings.